The van der Waals surface area contributed by atoms with E-state index in [-0.39, 0.29) is 6.03 Å². The third kappa shape index (κ3) is 3.82. The molecule has 0 aliphatic rings. The number of urea groups is 1. The van der Waals surface area contributed by atoms with Crippen LogP contribution < -0.4 is 10.6 Å². The highest BCUT2D eigenvalue weighted by atomic mass is 16.3. The summed E-state index contributed by atoms with van der Waals surface area (Å²) in [5.74, 6) is 0. The minimum Gasteiger partial charge on any atom is -0.389 e. The van der Waals surface area contributed by atoms with E-state index in [0.717, 1.165) is 11.1 Å². The lowest BCUT2D eigenvalue weighted by atomic mass is 10.1. The van der Waals surface area contributed by atoms with Gasteiger partial charge in [-0.05, 0) is 24.6 Å². The van der Waals surface area contributed by atoms with Gasteiger partial charge < -0.3 is 15.7 Å². The van der Waals surface area contributed by atoms with Crippen molar-refractivity contribution >= 4 is 11.7 Å². The summed E-state index contributed by atoms with van der Waals surface area (Å²) < 4.78 is 0. The first-order valence-electron chi connectivity index (χ1n) is 5.95. The number of carbonyl (C=O) groups is 1. The maximum atomic E-state index is 11.7. The Morgan fingerprint density at radius 2 is 2.37 bits per heavy atom. The van der Waals surface area contributed by atoms with Gasteiger partial charge in [-0.1, -0.05) is 12.1 Å². The zero-order valence-corrected chi connectivity index (χ0v) is 10.6. The monoisotopic (exact) mass is 260 g/mol. The van der Waals surface area contributed by atoms with Gasteiger partial charge in [-0.2, -0.15) is 5.10 Å². The average molecular weight is 260 g/mol. The smallest absolute Gasteiger partial charge is 0.319 e. The van der Waals surface area contributed by atoms with E-state index < -0.39 is 6.10 Å². The van der Waals surface area contributed by atoms with E-state index in [1.54, 1.807) is 43.6 Å². The number of nitrogens with one attached hydrogen (secondary N) is 3. The van der Waals surface area contributed by atoms with E-state index in [2.05, 4.69) is 20.8 Å². The van der Waals surface area contributed by atoms with Crippen molar-refractivity contribution in [1.82, 2.24) is 15.5 Å². The van der Waals surface area contributed by atoms with Gasteiger partial charge in [-0.15, -0.1) is 0 Å². The van der Waals surface area contributed by atoms with E-state index in [4.69, 9.17) is 0 Å². The molecule has 0 saturated heterocycles. The summed E-state index contributed by atoms with van der Waals surface area (Å²) in [6, 6.07) is 6.79. The topological polar surface area (TPSA) is 90.0 Å². The number of anilines is 1. The Labute approximate surface area is 110 Å². The fourth-order valence-electron chi connectivity index (χ4n) is 1.61. The predicted molar refractivity (Wildman–Crippen MR) is 71.5 cm³/mol. The molecule has 1 aromatic heterocycles. The van der Waals surface area contributed by atoms with Crippen molar-refractivity contribution < 1.29 is 9.90 Å². The minimum atomic E-state index is -0.559. The van der Waals surface area contributed by atoms with Crippen LogP contribution in [0, 0.1) is 0 Å². The highest BCUT2D eigenvalue weighted by molar-refractivity contribution is 5.89. The maximum absolute atomic E-state index is 11.7. The summed E-state index contributed by atoms with van der Waals surface area (Å²) in [7, 11) is 0. The van der Waals surface area contributed by atoms with E-state index >= 15 is 0 Å². The Morgan fingerprint density at radius 1 is 1.53 bits per heavy atom. The van der Waals surface area contributed by atoms with Crippen LogP contribution in [0.4, 0.5) is 10.5 Å². The Bertz CT molecular complexity index is 537. The average Bonchev–Trinajstić information content (AvgIpc) is 2.90. The summed E-state index contributed by atoms with van der Waals surface area (Å²) in [6.45, 7) is 2.08. The minimum absolute atomic E-state index is 0.302. The van der Waals surface area contributed by atoms with Crippen LogP contribution in [0.3, 0.4) is 0 Å². The first-order chi connectivity index (χ1) is 9.15. The number of carbonyl (C=O) groups excluding carboxylic acids is 1. The molecule has 0 radical (unpaired) electrons. The van der Waals surface area contributed by atoms with Gasteiger partial charge in [0, 0.05) is 24.0 Å². The van der Waals surface area contributed by atoms with Crippen LogP contribution in [0.5, 0.6) is 0 Å². The first kappa shape index (κ1) is 13.1. The highest BCUT2D eigenvalue weighted by Gasteiger charge is 2.05. The fraction of sp³-hybridized carbons (Fsp3) is 0.231. The van der Waals surface area contributed by atoms with Gasteiger partial charge in [0.05, 0.1) is 12.3 Å². The third-order valence-electron chi connectivity index (χ3n) is 2.63. The summed E-state index contributed by atoms with van der Waals surface area (Å²) in [6.07, 6.45) is 2.80. The molecule has 6 nitrogen and oxygen atoms in total. The molecular weight excluding hydrogens is 244 g/mol. The number of amides is 2. The van der Waals surface area contributed by atoms with Gasteiger partial charge in [-0.3, -0.25) is 5.10 Å². The largest absolute Gasteiger partial charge is 0.389 e. The molecule has 0 bridgehead atoms. The highest BCUT2D eigenvalue weighted by Crippen LogP contribution is 2.16. The lowest BCUT2D eigenvalue weighted by Gasteiger charge is -2.09. The maximum Gasteiger partial charge on any atom is 0.319 e. The van der Waals surface area contributed by atoms with Gasteiger partial charge in [0.1, 0.15) is 0 Å². The van der Waals surface area contributed by atoms with Crippen LogP contribution in [0.2, 0.25) is 0 Å². The molecule has 0 saturated carbocycles. The number of aliphatic hydroxyl groups excluding tert-OH is 1. The van der Waals surface area contributed by atoms with Crippen LogP contribution in [-0.2, 0) is 6.54 Å². The predicted octanol–water partition coefficient (Wildman–Crippen LogP) is 1.78. The molecule has 2 aromatic rings. The SMILES string of the molecule is CC(O)c1cccc(NC(=O)NCc2cn[nH]c2)c1. The third-order valence-corrected chi connectivity index (χ3v) is 2.63. The Balaban J connectivity index is 1.89. The van der Waals surface area contributed by atoms with Crippen LogP contribution >= 0.6 is 0 Å². The number of benzene rings is 1. The second-order valence-corrected chi connectivity index (χ2v) is 4.22. The Morgan fingerprint density at radius 3 is 3.05 bits per heavy atom. The van der Waals surface area contributed by atoms with E-state index in [0.29, 0.717) is 12.2 Å². The molecule has 2 rings (SSSR count). The van der Waals surface area contributed by atoms with Crippen molar-refractivity contribution in [3.8, 4) is 0 Å². The molecule has 19 heavy (non-hydrogen) atoms. The molecule has 0 aliphatic carbocycles. The number of hydrogen-bond donors (Lipinski definition) is 4. The molecule has 100 valence electrons. The molecule has 4 N–H and O–H groups in total. The van der Waals surface area contributed by atoms with Crippen LogP contribution in [0.15, 0.2) is 36.7 Å². The van der Waals surface area contributed by atoms with Gasteiger partial charge in [0.15, 0.2) is 0 Å². The van der Waals surface area contributed by atoms with Crippen molar-refractivity contribution in [3.63, 3.8) is 0 Å². The quantitative estimate of drug-likeness (QED) is 0.675. The Hall–Kier alpha value is -2.34. The molecule has 1 aromatic carbocycles. The van der Waals surface area contributed by atoms with Crippen molar-refractivity contribution in [2.75, 3.05) is 5.32 Å². The number of nitrogens with zero attached hydrogens (tertiary/aromatic N) is 1. The van der Waals surface area contributed by atoms with Crippen molar-refractivity contribution in [1.29, 1.82) is 0 Å². The summed E-state index contributed by atoms with van der Waals surface area (Å²) in [5.41, 5.74) is 2.30. The second kappa shape index (κ2) is 6.01. The number of aromatic nitrogens is 2. The van der Waals surface area contributed by atoms with Gasteiger partial charge in [0.2, 0.25) is 0 Å². The lowest BCUT2D eigenvalue weighted by Crippen LogP contribution is -2.28. The van der Waals surface area contributed by atoms with Crippen LogP contribution in [-0.4, -0.2) is 21.3 Å². The number of rotatable bonds is 4. The molecular formula is C13H16N4O2. The van der Waals surface area contributed by atoms with Gasteiger partial charge in [0.25, 0.3) is 0 Å². The molecule has 1 unspecified atom stereocenters. The zero-order chi connectivity index (χ0) is 13.7. The van der Waals surface area contributed by atoms with Crippen LogP contribution in [0.1, 0.15) is 24.2 Å². The summed E-state index contributed by atoms with van der Waals surface area (Å²) in [4.78, 5) is 11.7. The fourth-order valence-corrected chi connectivity index (χ4v) is 1.61. The van der Waals surface area contributed by atoms with Crippen LogP contribution in [0.25, 0.3) is 0 Å². The standard InChI is InChI=1S/C13H16N4O2/c1-9(18)11-3-2-4-12(5-11)17-13(19)14-6-10-7-15-16-8-10/h2-5,7-9,18H,6H2,1H3,(H,15,16)(H2,14,17,19). The van der Waals surface area contributed by atoms with Gasteiger partial charge >= 0.3 is 6.03 Å². The van der Waals surface area contributed by atoms with E-state index in [1.807, 2.05) is 0 Å². The van der Waals surface area contributed by atoms with Crippen molar-refractivity contribution in [2.24, 2.45) is 0 Å². The summed E-state index contributed by atoms with van der Waals surface area (Å²) in [5, 5.41) is 21.4. The van der Waals surface area contributed by atoms with Crippen molar-refractivity contribution in [2.45, 2.75) is 19.6 Å². The van der Waals surface area contributed by atoms with Crippen molar-refractivity contribution in [3.05, 3.63) is 47.8 Å². The molecule has 1 heterocycles. The number of H-pyrrole nitrogens is 1. The summed E-state index contributed by atoms with van der Waals surface area (Å²) >= 11 is 0. The first-order valence-corrected chi connectivity index (χ1v) is 5.95. The molecule has 2 amide bonds. The lowest BCUT2D eigenvalue weighted by molar-refractivity contribution is 0.199. The Kier molecular flexibility index (Phi) is 4.15. The molecule has 6 heteroatoms. The second-order valence-electron chi connectivity index (χ2n) is 4.22. The van der Waals surface area contributed by atoms with Gasteiger partial charge in [-0.25, -0.2) is 4.79 Å². The van der Waals surface area contributed by atoms with E-state index in [9.17, 15) is 9.90 Å². The number of aromatic amines is 1. The molecule has 1 atom stereocenters. The number of hydrogen-bond acceptors (Lipinski definition) is 3. The molecule has 0 fully saturated rings. The normalized spacial score (nSPS) is 11.9. The zero-order valence-electron chi connectivity index (χ0n) is 10.6. The van der Waals surface area contributed by atoms with E-state index in [1.165, 1.54) is 0 Å². The molecule has 0 spiro atoms. The molecule has 0 aliphatic heterocycles. The number of aliphatic hydroxyl groups is 1.